The Morgan fingerprint density at radius 3 is 3.00 bits per heavy atom. The molecule has 0 aliphatic carbocycles. The smallest absolute Gasteiger partial charge is 0.318 e. The lowest BCUT2D eigenvalue weighted by atomic mass is 10.3. The van der Waals surface area contributed by atoms with Crippen molar-refractivity contribution in [3.8, 4) is 0 Å². The fraction of sp³-hybridized carbons (Fsp3) is 0.333. The van der Waals surface area contributed by atoms with Crippen LogP contribution in [0.1, 0.15) is 12.1 Å². The Morgan fingerprint density at radius 2 is 2.33 bits per heavy atom. The molecule has 1 aliphatic rings. The number of nitrogens with one attached hydrogen (secondary N) is 1. The van der Waals surface area contributed by atoms with Gasteiger partial charge in [-0.15, -0.1) is 0 Å². The Kier molecular flexibility index (Phi) is 2.57. The summed E-state index contributed by atoms with van der Waals surface area (Å²) in [6.45, 7) is 0.844. The first-order chi connectivity index (χ1) is 7.25. The molecule has 0 atom stereocenters. The van der Waals surface area contributed by atoms with Crippen LogP contribution >= 0.6 is 0 Å². The van der Waals surface area contributed by atoms with E-state index in [2.05, 4.69) is 15.3 Å². The van der Waals surface area contributed by atoms with Gasteiger partial charge in [0.2, 0.25) is 5.91 Å². The zero-order chi connectivity index (χ0) is 10.7. The maximum absolute atomic E-state index is 11.4. The molecule has 6 nitrogen and oxygen atoms in total. The number of nitrogens with zero attached hydrogens (tertiary/aromatic N) is 3. The topological polar surface area (TPSA) is 75.2 Å². The zero-order valence-electron chi connectivity index (χ0n) is 8.01. The van der Waals surface area contributed by atoms with E-state index in [1.54, 1.807) is 17.2 Å². The van der Waals surface area contributed by atoms with E-state index < -0.39 is 0 Å². The molecular formula is C9H10N4O2. The van der Waals surface area contributed by atoms with Crippen molar-refractivity contribution in [2.75, 3.05) is 6.54 Å². The van der Waals surface area contributed by atoms with Gasteiger partial charge in [0.1, 0.15) is 6.33 Å². The summed E-state index contributed by atoms with van der Waals surface area (Å²) < 4.78 is 0. The summed E-state index contributed by atoms with van der Waals surface area (Å²) in [4.78, 5) is 31.6. The fourth-order valence-corrected chi connectivity index (χ4v) is 1.36. The second-order valence-electron chi connectivity index (χ2n) is 3.23. The summed E-state index contributed by atoms with van der Waals surface area (Å²) in [5.74, 6) is -0.223. The molecule has 1 aromatic heterocycles. The van der Waals surface area contributed by atoms with Crippen LogP contribution in [-0.2, 0) is 11.3 Å². The monoisotopic (exact) mass is 206 g/mol. The van der Waals surface area contributed by atoms with Crippen molar-refractivity contribution in [2.45, 2.75) is 13.0 Å². The summed E-state index contributed by atoms with van der Waals surface area (Å²) in [5.41, 5.74) is 0.759. The molecule has 1 aliphatic heterocycles. The summed E-state index contributed by atoms with van der Waals surface area (Å²) in [7, 11) is 0. The highest BCUT2D eigenvalue weighted by Gasteiger charge is 2.22. The highest BCUT2D eigenvalue weighted by molar-refractivity contribution is 5.96. The van der Waals surface area contributed by atoms with E-state index in [0.717, 1.165) is 5.69 Å². The maximum Gasteiger partial charge on any atom is 0.324 e. The minimum Gasteiger partial charge on any atom is -0.318 e. The number of hydrogen-bond donors (Lipinski definition) is 1. The van der Waals surface area contributed by atoms with Crippen LogP contribution in [-0.4, -0.2) is 33.4 Å². The normalized spacial score (nSPS) is 16.4. The molecule has 2 heterocycles. The molecule has 78 valence electrons. The van der Waals surface area contributed by atoms with Crippen molar-refractivity contribution in [3.63, 3.8) is 0 Å². The van der Waals surface area contributed by atoms with Crippen molar-refractivity contribution in [1.82, 2.24) is 20.2 Å². The van der Waals surface area contributed by atoms with Crippen LogP contribution in [0.25, 0.3) is 0 Å². The van der Waals surface area contributed by atoms with E-state index in [1.807, 2.05) is 0 Å². The number of carbonyl (C=O) groups excluding carboxylic acids is 2. The van der Waals surface area contributed by atoms with Gasteiger partial charge in [0.15, 0.2) is 0 Å². The molecule has 0 unspecified atom stereocenters. The number of urea groups is 1. The van der Waals surface area contributed by atoms with E-state index in [-0.39, 0.29) is 11.9 Å². The van der Waals surface area contributed by atoms with Crippen LogP contribution in [0.2, 0.25) is 0 Å². The minimum absolute atomic E-state index is 0.223. The summed E-state index contributed by atoms with van der Waals surface area (Å²) >= 11 is 0. The highest BCUT2D eigenvalue weighted by Crippen LogP contribution is 2.05. The van der Waals surface area contributed by atoms with E-state index in [0.29, 0.717) is 19.5 Å². The molecule has 0 saturated carbocycles. The van der Waals surface area contributed by atoms with Gasteiger partial charge in [-0.2, -0.15) is 0 Å². The van der Waals surface area contributed by atoms with Gasteiger partial charge >= 0.3 is 6.03 Å². The molecule has 0 spiro atoms. The molecule has 0 aromatic carbocycles. The van der Waals surface area contributed by atoms with Gasteiger partial charge in [0.05, 0.1) is 12.2 Å². The third-order valence-corrected chi connectivity index (χ3v) is 2.14. The lowest BCUT2D eigenvalue weighted by Crippen LogP contribution is -2.48. The molecule has 1 N–H and O–H groups in total. The Bertz CT molecular complexity index is 379. The molecular weight excluding hydrogens is 196 g/mol. The van der Waals surface area contributed by atoms with Crippen LogP contribution in [0.5, 0.6) is 0 Å². The number of carbonyl (C=O) groups is 2. The second-order valence-corrected chi connectivity index (χ2v) is 3.23. The first-order valence-corrected chi connectivity index (χ1v) is 4.59. The fourth-order valence-electron chi connectivity index (χ4n) is 1.36. The van der Waals surface area contributed by atoms with E-state index >= 15 is 0 Å². The maximum atomic E-state index is 11.4. The number of aromatic nitrogens is 2. The van der Waals surface area contributed by atoms with Gasteiger partial charge in [0.25, 0.3) is 0 Å². The Labute approximate surface area is 86.3 Å². The van der Waals surface area contributed by atoms with Crippen molar-refractivity contribution >= 4 is 11.9 Å². The van der Waals surface area contributed by atoms with Gasteiger partial charge < -0.3 is 4.90 Å². The first kappa shape index (κ1) is 9.57. The Hall–Kier alpha value is -1.98. The Balaban J connectivity index is 2.01. The summed E-state index contributed by atoms with van der Waals surface area (Å²) in [5, 5.41) is 2.25. The minimum atomic E-state index is -0.357. The number of hydrogen-bond acceptors (Lipinski definition) is 4. The quantitative estimate of drug-likeness (QED) is 0.734. The van der Waals surface area contributed by atoms with Gasteiger partial charge in [-0.3, -0.25) is 10.1 Å². The molecule has 3 amide bonds. The second kappa shape index (κ2) is 4.04. The molecule has 1 fully saturated rings. The molecule has 6 heteroatoms. The summed E-state index contributed by atoms with van der Waals surface area (Å²) in [6, 6.07) is 1.38. The Morgan fingerprint density at radius 1 is 1.47 bits per heavy atom. The third-order valence-electron chi connectivity index (χ3n) is 2.14. The van der Waals surface area contributed by atoms with Crippen LogP contribution in [0.3, 0.4) is 0 Å². The van der Waals surface area contributed by atoms with Crippen LogP contribution in [0, 0.1) is 0 Å². The van der Waals surface area contributed by atoms with E-state index in [1.165, 1.54) is 6.33 Å². The molecule has 2 rings (SSSR count). The SMILES string of the molecule is O=C1CCN(Cc2ccncn2)C(=O)N1. The molecule has 1 aromatic rings. The molecule has 0 radical (unpaired) electrons. The molecule has 0 bridgehead atoms. The van der Waals surface area contributed by atoms with Crippen molar-refractivity contribution in [1.29, 1.82) is 0 Å². The van der Waals surface area contributed by atoms with Crippen molar-refractivity contribution in [3.05, 3.63) is 24.3 Å². The summed E-state index contributed by atoms with van der Waals surface area (Å²) in [6.07, 6.45) is 3.40. The predicted molar refractivity (Wildman–Crippen MR) is 50.6 cm³/mol. The average Bonchev–Trinajstić information content (AvgIpc) is 2.24. The first-order valence-electron chi connectivity index (χ1n) is 4.59. The zero-order valence-corrected chi connectivity index (χ0v) is 8.01. The van der Waals surface area contributed by atoms with E-state index in [9.17, 15) is 9.59 Å². The van der Waals surface area contributed by atoms with Crippen molar-refractivity contribution < 1.29 is 9.59 Å². The van der Waals surface area contributed by atoms with Crippen LogP contribution < -0.4 is 5.32 Å². The van der Waals surface area contributed by atoms with E-state index in [4.69, 9.17) is 0 Å². The standard InChI is InChI=1S/C9H10N4O2/c14-8-2-4-13(9(15)12-8)5-7-1-3-10-6-11-7/h1,3,6H,2,4-5H2,(H,12,14,15). The third kappa shape index (κ3) is 2.28. The van der Waals surface area contributed by atoms with Crippen LogP contribution in [0.4, 0.5) is 4.79 Å². The van der Waals surface area contributed by atoms with Crippen LogP contribution in [0.15, 0.2) is 18.6 Å². The van der Waals surface area contributed by atoms with Gasteiger partial charge in [0, 0.05) is 19.2 Å². The largest absolute Gasteiger partial charge is 0.324 e. The highest BCUT2D eigenvalue weighted by atomic mass is 16.2. The van der Waals surface area contributed by atoms with Gasteiger partial charge in [-0.25, -0.2) is 14.8 Å². The van der Waals surface area contributed by atoms with Gasteiger partial charge in [-0.05, 0) is 6.07 Å². The number of amides is 3. The lowest BCUT2D eigenvalue weighted by molar-refractivity contribution is -0.121. The lowest BCUT2D eigenvalue weighted by Gasteiger charge is -2.25. The van der Waals surface area contributed by atoms with Gasteiger partial charge in [-0.1, -0.05) is 0 Å². The number of imide groups is 1. The number of rotatable bonds is 2. The molecule has 15 heavy (non-hydrogen) atoms. The molecule has 1 saturated heterocycles. The predicted octanol–water partition coefficient (Wildman–Crippen LogP) is -0.0815. The van der Waals surface area contributed by atoms with Crippen molar-refractivity contribution in [2.24, 2.45) is 0 Å². The average molecular weight is 206 g/mol.